The first-order valence-corrected chi connectivity index (χ1v) is 6.35. The Morgan fingerprint density at radius 1 is 1.08 bits per heavy atom. The molecule has 0 N–H and O–H groups in total. The van der Waals surface area contributed by atoms with E-state index in [0.717, 1.165) is 36.0 Å². The van der Waals surface area contributed by atoms with Gasteiger partial charge in [-0.3, -0.25) is 4.79 Å². The van der Waals surface area contributed by atoms with Crippen molar-refractivity contribution in [3.63, 3.8) is 0 Å². The Balaban J connectivity index is 1.90. The zero-order chi connectivity index (χ0) is 8.74. The Bertz CT molecular complexity index is 300. The number of rotatable bonds is 0. The first-order valence-electron chi connectivity index (χ1n) is 5.44. The molecule has 4 rings (SSSR count). The number of halogens is 1. The summed E-state index contributed by atoms with van der Waals surface area (Å²) in [6.45, 7) is 0. The topological polar surface area (TPSA) is 17.1 Å². The molecular weight excluding hydrogens is 228 g/mol. The first-order chi connectivity index (χ1) is 6.27. The van der Waals surface area contributed by atoms with Gasteiger partial charge in [0, 0.05) is 17.2 Å². The van der Waals surface area contributed by atoms with Gasteiger partial charge in [-0.1, -0.05) is 15.9 Å². The third-order valence-electron chi connectivity index (χ3n) is 5.29. The lowest BCUT2D eigenvalue weighted by molar-refractivity contribution is -0.122. The van der Waals surface area contributed by atoms with Crippen LogP contribution < -0.4 is 0 Å². The maximum absolute atomic E-state index is 11.8. The molecule has 7 atom stereocenters. The molecule has 0 aromatic carbocycles. The van der Waals surface area contributed by atoms with E-state index >= 15 is 0 Å². The molecule has 0 unspecified atom stereocenters. The Hall–Kier alpha value is 0.150. The van der Waals surface area contributed by atoms with Crippen LogP contribution in [0.4, 0.5) is 0 Å². The smallest absolute Gasteiger partial charge is 0.136 e. The fourth-order valence-corrected chi connectivity index (χ4v) is 6.24. The summed E-state index contributed by atoms with van der Waals surface area (Å²) in [4.78, 5) is 12.5. The van der Waals surface area contributed by atoms with Gasteiger partial charge in [0.2, 0.25) is 0 Å². The standard InChI is InChI=1S/C11H13BrO/c12-8-2-4-5-3-9(13)11-7(5)1-6(4)10(8)11/h4-8,10-11H,1-3H2/t4-,5+,6-,7-,8-,10+,11+/m0/s1. The SMILES string of the molecule is O=C1C[C@@H]2[C@@H]3C[C@H](Br)[C@H]4[C@H]3C[C@@H]2[C@H]14. The van der Waals surface area contributed by atoms with Crippen molar-refractivity contribution in [1.82, 2.24) is 0 Å². The molecule has 0 aliphatic heterocycles. The van der Waals surface area contributed by atoms with Crippen LogP contribution >= 0.6 is 15.9 Å². The normalized spacial score (nSPS) is 66.8. The van der Waals surface area contributed by atoms with Gasteiger partial charge in [0.25, 0.3) is 0 Å². The zero-order valence-electron chi connectivity index (χ0n) is 7.45. The summed E-state index contributed by atoms with van der Waals surface area (Å²) in [7, 11) is 0. The Morgan fingerprint density at radius 3 is 2.77 bits per heavy atom. The summed E-state index contributed by atoms with van der Waals surface area (Å²) in [5.74, 6) is 5.29. The molecular formula is C11H13BrO. The highest BCUT2D eigenvalue weighted by Crippen LogP contribution is 2.70. The monoisotopic (exact) mass is 240 g/mol. The fraction of sp³-hybridized carbons (Fsp3) is 0.909. The van der Waals surface area contributed by atoms with Gasteiger partial charge < -0.3 is 0 Å². The van der Waals surface area contributed by atoms with Crippen molar-refractivity contribution in [2.24, 2.45) is 35.5 Å². The van der Waals surface area contributed by atoms with Crippen LogP contribution in [0.5, 0.6) is 0 Å². The second-order valence-corrected chi connectivity index (χ2v) is 6.59. The van der Waals surface area contributed by atoms with Crippen LogP contribution in [0, 0.1) is 35.5 Å². The summed E-state index contributed by atoms with van der Waals surface area (Å²) in [5.41, 5.74) is 0. The van der Waals surface area contributed by atoms with Gasteiger partial charge in [0.15, 0.2) is 0 Å². The molecule has 2 bridgehead atoms. The second-order valence-electron chi connectivity index (χ2n) is 5.42. The van der Waals surface area contributed by atoms with E-state index in [4.69, 9.17) is 0 Å². The molecule has 1 nitrogen and oxygen atoms in total. The minimum Gasteiger partial charge on any atom is -0.299 e. The molecule has 0 aromatic heterocycles. The average molecular weight is 241 g/mol. The lowest BCUT2D eigenvalue weighted by Gasteiger charge is -2.24. The van der Waals surface area contributed by atoms with Crippen molar-refractivity contribution in [2.45, 2.75) is 24.1 Å². The summed E-state index contributed by atoms with van der Waals surface area (Å²) < 4.78 is 0. The number of fused-ring (bicyclic) bond motifs is 2. The lowest BCUT2D eigenvalue weighted by Crippen LogP contribution is -2.26. The maximum Gasteiger partial charge on any atom is 0.136 e. The van der Waals surface area contributed by atoms with Gasteiger partial charge in [-0.25, -0.2) is 0 Å². The first kappa shape index (κ1) is 7.44. The third-order valence-corrected chi connectivity index (χ3v) is 6.27. The summed E-state index contributed by atoms with van der Waals surface area (Å²) >= 11 is 3.79. The van der Waals surface area contributed by atoms with Crippen LogP contribution in [0.3, 0.4) is 0 Å². The van der Waals surface area contributed by atoms with Crippen molar-refractivity contribution in [3.05, 3.63) is 0 Å². The minimum atomic E-state index is 0.484. The van der Waals surface area contributed by atoms with Gasteiger partial charge in [-0.05, 0) is 42.4 Å². The summed E-state index contributed by atoms with van der Waals surface area (Å²) in [6.07, 6.45) is 3.69. The minimum absolute atomic E-state index is 0.484. The highest BCUT2D eigenvalue weighted by Gasteiger charge is 2.68. The van der Waals surface area contributed by atoms with E-state index in [1.54, 1.807) is 0 Å². The highest BCUT2D eigenvalue weighted by molar-refractivity contribution is 9.09. The van der Waals surface area contributed by atoms with Crippen LogP contribution in [0.15, 0.2) is 0 Å². The molecule has 0 heterocycles. The number of alkyl halides is 1. The molecule has 4 aliphatic rings. The number of carbonyl (C=O) groups is 1. The molecule has 0 amide bonds. The maximum atomic E-state index is 11.8. The van der Waals surface area contributed by atoms with Crippen molar-refractivity contribution >= 4 is 21.7 Å². The number of carbonyl (C=O) groups excluding carboxylic acids is 1. The second kappa shape index (κ2) is 2.05. The van der Waals surface area contributed by atoms with Crippen molar-refractivity contribution in [2.75, 3.05) is 0 Å². The molecule has 4 aliphatic carbocycles. The molecule has 2 heteroatoms. The van der Waals surface area contributed by atoms with Gasteiger partial charge in [0.1, 0.15) is 5.78 Å². The zero-order valence-corrected chi connectivity index (χ0v) is 9.03. The van der Waals surface area contributed by atoms with Crippen LogP contribution in [-0.4, -0.2) is 10.6 Å². The summed E-state index contributed by atoms with van der Waals surface area (Å²) in [5, 5.41) is 0. The fourth-order valence-electron chi connectivity index (χ4n) is 5.09. The predicted molar refractivity (Wildman–Crippen MR) is 52.5 cm³/mol. The Kier molecular flexibility index (Phi) is 1.17. The van der Waals surface area contributed by atoms with E-state index in [0.29, 0.717) is 16.5 Å². The molecule has 13 heavy (non-hydrogen) atoms. The molecule has 4 saturated carbocycles. The Morgan fingerprint density at radius 2 is 1.92 bits per heavy atom. The van der Waals surface area contributed by atoms with Crippen LogP contribution in [-0.2, 0) is 4.79 Å². The van der Waals surface area contributed by atoms with Gasteiger partial charge in [-0.2, -0.15) is 0 Å². The lowest BCUT2D eigenvalue weighted by atomic mass is 9.80. The van der Waals surface area contributed by atoms with E-state index in [-0.39, 0.29) is 0 Å². The van der Waals surface area contributed by atoms with E-state index in [1.165, 1.54) is 12.8 Å². The van der Waals surface area contributed by atoms with Crippen LogP contribution in [0.2, 0.25) is 0 Å². The third kappa shape index (κ3) is 0.642. The molecule has 70 valence electrons. The van der Waals surface area contributed by atoms with Crippen molar-refractivity contribution in [1.29, 1.82) is 0 Å². The number of hydrogen-bond acceptors (Lipinski definition) is 1. The van der Waals surface area contributed by atoms with Gasteiger partial charge in [-0.15, -0.1) is 0 Å². The quantitative estimate of drug-likeness (QED) is 0.594. The molecule has 0 saturated heterocycles. The van der Waals surface area contributed by atoms with E-state index in [1.807, 2.05) is 0 Å². The van der Waals surface area contributed by atoms with E-state index < -0.39 is 0 Å². The number of Topliss-reactive ketones (excluding diaryl/α,β-unsaturated/α-hetero) is 1. The Labute approximate surface area is 86.4 Å². The number of ketones is 1. The number of hydrogen-bond donors (Lipinski definition) is 0. The van der Waals surface area contributed by atoms with Gasteiger partial charge >= 0.3 is 0 Å². The van der Waals surface area contributed by atoms with E-state index in [9.17, 15) is 4.79 Å². The average Bonchev–Trinajstić information content (AvgIpc) is 2.67. The predicted octanol–water partition coefficient (Wildman–Crippen LogP) is 2.24. The largest absolute Gasteiger partial charge is 0.299 e. The molecule has 0 aromatic rings. The molecule has 0 radical (unpaired) electrons. The van der Waals surface area contributed by atoms with Crippen molar-refractivity contribution in [3.8, 4) is 0 Å². The highest BCUT2D eigenvalue weighted by atomic mass is 79.9. The molecule has 0 spiro atoms. The van der Waals surface area contributed by atoms with E-state index in [2.05, 4.69) is 15.9 Å². The molecule has 4 fully saturated rings. The van der Waals surface area contributed by atoms with Crippen molar-refractivity contribution < 1.29 is 4.79 Å². The van der Waals surface area contributed by atoms with Crippen LogP contribution in [0.1, 0.15) is 19.3 Å². The van der Waals surface area contributed by atoms with Gasteiger partial charge in [0.05, 0.1) is 0 Å². The summed E-state index contributed by atoms with van der Waals surface area (Å²) in [6, 6.07) is 0. The van der Waals surface area contributed by atoms with Crippen LogP contribution in [0.25, 0.3) is 0 Å².